The molecule has 1 atom stereocenters. The van der Waals surface area contributed by atoms with E-state index in [1.54, 1.807) is 12.0 Å². The number of carbonyl (C=O) groups is 1. The fraction of sp³-hybridized carbons (Fsp3) is 0.900. The molecule has 0 saturated carbocycles. The van der Waals surface area contributed by atoms with Crippen LogP contribution in [-0.2, 0) is 14.3 Å². The molecule has 0 saturated heterocycles. The lowest BCUT2D eigenvalue weighted by atomic mass is 10.2. The Labute approximate surface area is 86.2 Å². The summed E-state index contributed by atoms with van der Waals surface area (Å²) in [5.74, 6) is 0.0268. The van der Waals surface area contributed by atoms with Gasteiger partial charge in [-0.15, -0.1) is 0 Å². The van der Waals surface area contributed by atoms with Crippen LogP contribution in [0.1, 0.15) is 20.3 Å². The molecule has 0 spiro atoms. The second kappa shape index (κ2) is 7.76. The number of hydrogen-bond donors (Lipinski definition) is 0. The summed E-state index contributed by atoms with van der Waals surface area (Å²) in [5, 5.41) is 0. The summed E-state index contributed by atoms with van der Waals surface area (Å²) in [4.78, 5) is 13.4. The van der Waals surface area contributed by atoms with Gasteiger partial charge in [0.25, 0.3) is 0 Å². The van der Waals surface area contributed by atoms with Crippen molar-refractivity contribution < 1.29 is 14.3 Å². The monoisotopic (exact) mass is 203 g/mol. The third-order valence-corrected chi connectivity index (χ3v) is 2.25. The van der Waals surface area contributed by atoms with E-state index >= 15 is 0 Å². The molecule has 1 amide bonds. The zero-order valence-corrected chi connectivity index (χ0v) is 9.58. The van der Waals surface area contributed by atoms with E-state index in [-0.39, 0.29) is 18.6 Å². The van der Waals surface area contributed by atoms with Crippen LogP contribution in [0.4, 0.5) is 0 Å². The van der Waals surface area contributed by atoms with Crippen molar-refractivity contribution in [2.24, 2.45) is 0 Å². The van der Waals surface area contributed by atoms with Gasteiger partial charge in [-0.1, -0.05) is 6.92 Å². The Balaban J connectivity index is 4.15. The molecule has 1 unspecified atom stereocenters. The standard InChI is InChI=1S/C10H21NO3/c1-5-9(2)11(6-7-13-3)10(12)8-14-4/h9H,5-8H2,1-4H3. The minimum atomic E-state index is 0.0268. The lowest BCUT2D eigenvalue weighted by Gasteiger charge is -2.28. The molecule has 84 valence electrons. The van der Waals surface area contributed by atoms with Crippen LogP contribution in [0.5, 0.6) is 0 Å². The highest BCUT2D eigenvalue weighted by Crippen LogP contribution is 2.03. The first-order valence-corrected chi connectivity index (χ1v) is 4.94. The number of rotatable bonds is 7. The summed E-state index contributed by atoms with van der Waals surface area (Å²) in [5.41, 5.74) is 0. The molecule has 0 fully saturated rings. The molecule has 0 heterocycles. The van der Waals surface area contributed by atoms with Crippen LogP contribution in [0.15, 0.2) is 0 Å². The predicted molar refractivity (Wildman–Crippen MR) is 55.2 cm³/mol. The summed E-state index contributed by atoms with van der Waals surface area (Å²) in [6.07, 6.45) is 0.944. The van der Waals surface area contributed by atoms with Crippen molar-refractivity contribution in [2.75, 3.05) is 34.0 Å². The van der Waals surface area contributed by atoms with Crippen LogP contribution in [0, 0.1) is 0 Å². The molecule has 4 heteroatoms. The molecule has 0 aromatic carbocycles. The molecular weight excluding hydrogens is 182 g/mol. The average molecular weight is 203 g/mol. The highest BCUT2D eigenvalue weighted by molar-refractivity contribution is 5.77. The van der Waals surface area contributed by atoms with Gasteiger partial charge in [0.05, 0.1) is 6.61 Å². The van der Waals surface area contributed by atoms with Crippen molar-refractivity contribution in [1.82, 2.24) is 4.90 Å². The number of amides is 1. The fourth-order valence-electron chi connectivity index (χ4n) is 1.21. The van der Waals surface area contributed by atoms with Crippen LogP contribution in [0.25, 0.3) is 0 Å². The van der Waals surface area contributed by atoms with Gasteiger partial charge in [-0.05, 0) is 13.3 Å². The molecule has 14 heavy (non-hydrogen) atoms. The second-order valence-electron chi connectivity index (χ2n) is 3.27. The first kappa shape index (κ1) is 13.4. The quantitative estimate of drug-likeness (QED) is 0.617. The van der Waals surface area contributed by atoms with Gasteiger partial charge in [-0.2, -0.15) is 0 Å². The van der Waals surface area contributed by atoms with Gasteiger partial charge in [-0.3, -0.25) is 4.79 Å². The summed E-state index contributed by atoms with van der Waals surface area (Å²) in [6.45, 7) is 5.44. The molecule has 4 nitrogen and oxygen atoms in total. The van der Waals surface area contributed by atoms with E-state index < -0.39 is 0 Å². The van der Waals surface area contributed by atoms with Crippen LogP contribution in [-0.4, -0.2) is 50.8 Å². The second-order valence-corrected chi connectivity index (χ2v) is 3.27. The molecule has 0 radical (unpaired) electrons. The third kappa shape index (κ3) is 4.58. The Bertz CT molecular complexity index is 161. The van der Waals surface area contributed by atoms with E-state index in [2.05, 4.69) is 6.92 Å². The Kier molecular flexibility index (Phi) is 7.42. The Hall–Kier alpha value is -0.610. The van der Waals surface area contributed by atoms with Crippen LogP contribution < -0.4 is 0 Å². The molecule has 0 bridgehead atoms. The van der Waals surface area contributed by atoms with Crippen LogP contribution in [0.2, 0.25) is 0 Å². The smallest absolute Gasteiger partial charge is 0.248 e. The predicted octanol–water partition coefficient (Wildman–Crippen LogP) is 0.906. The summed E-state index contributed by atoms with van der Waals surface area (Å²) >= 11 is 0. The van der Waals surface area contributed by atoms with Crippen molar-refractivity contribution in [3.05, 3.63) is 0 Å². The van der Waals surface area contributed by atoms with Gasteiger partial charge in [0.15, 0.2) is 0 Å². The lowest BCUT2D eigenvalue weighted by Crippen LogP contribution is -2.42. The van der Waals surface area contributed by atoms with Gasteiger partial charge >= 0.3 is 0 Å². The highest BCUT2D eigenvalue weighted by atomic mass is 16.5. The van der Waals surface area contributed by atoms with E-state index in [4.69, 9.17) is 9.47 Å². The number of nitrogens with zero attached hydrogens (tertiary/aromatic N) is 1. The van der Waals surface area contributed by atoms with Crippen molar-refractivity contribution in [3.8, 4) is 0 Å². The molecule has 0 aromatic heterocycles. The van der Waals surface area contributed by atoms with Gasteiger partial charge in [-0.25, -0.2) is 0 Å². The van der Waals surface area contributed by atoms with Crippen molar-refractivity contribution in [1.29, 1.82) is 0 Å². The minimum Gasteiger partial charge on any atom is -0.383 e. The largest absolute Gasteiger partial charge is 0.383 e. The molecular formula is C10H21NO3. The van der Waals surface area contributed by atoms with Gasteiger partial charge < -0.3 is 14.4 Å². The maximum Gasteiger partial charge on any atom is 0.248 e. The minimum absolute atomic E-state index is 0.0268. The molecule has 0 aromatic rings. The zero-order chi connectivity index (χ0) is 11.0. The maximum absolute atomic E-state index is 11.6. The fourth-order valence-corrected chi connectivity index (χ4v) is 1.21. The van der Waals surface area contributed by atoms with E-state index in [0.29, 0.717) is 13.2 Å². The van der Waals surface area contributed by atoms with Crippen molar-refractivity contribution >= 4 is 5.91 Å². The van der Waals surface area contributed by atoms with Crippen molar-refractivity contribution in [2.45, 2.75) is 26.3 Å². The van der Waals surface area contributed by atoms with Crippen LogP contribution in [0.3, 0.4) is 0 Å². The van der Waals surface area contributed by atoms with Crippen LogP contribution >= 0.6 is 0 Å². The number of ether oxygens (including phenoxy) is 2. The van der Waals surface area contributed by atoms with Gasteiger partial charge in [0.2, 0.25) is 5.91 Å². The number of carbonyl (C=O) groups excluding carboxylic acids is 1. The Morgan fingerprint density at radius 3 is 2.43 bits per heavy atom. The summed E-state index contributed by atoms with van der Waals surface area (Å²) in [6, 6.07) is 0.243. The van der Waals surface area contributed by atoms with Gasteiger partial charge in [0.1, 0.15) is 6.61 Å². The lowest BCUT2D eigenvalue weighted by molar-refractivity contribution is -0.138. The van der Waals surface area contributed by atoms with E-state index in [0.717, 1.165) is 6.42 Å². The maximum atomic E-state index is 11.6. The van der Waals surface area contributed by atoms with E-state index in [1.165, 1.54) is 7.11 Å². The van der Waals surface area contributed by atoms with E-state index in [1.807, 2.05) is 6.92 Å². The molecule has 0 aliphatic rings. The number of hydrogen-bond acceptors (Lipinski definition) is 3. The molecule has 0 rings (SSSR count). The number of methoxy groups -OCH3 is 2. The van der Waals surface area contributed by atoms with Gasteiger partial charge in [0, 0.05) is 26.8 Å². The first-order chi connectivity index (χ1) is 6.67. The SMILES string of the molecule is CCC(C)N(CCOC)C(=O)COC. The van der Waals surface area contributed by atoms with E-state index in [9.17, 15) is 4.79 Å². The Morgan fingerprint density at radius 1 is 1.36 bits per heavy atom. The summed E-state index contributed by atoms with van der Waals surface area (Å²) < 4.78 is 9.79. The Morgan fingerprint density at radius 2 is 2.00 bits per heavy atom. The molecule has 0 aliphatic carbocycles. The van der Waals surface area contributed by atoms with Crippen molar-refractivity contribution in [3.63, 3.8) is 0 Å². The normalized spacial score (nSPS) is 12.6. The third-order valence-electron chi connectivity index (χ3n) is 2.25. The molecule has 0 aliphatic heterocycles. The highest BCUT2D eigenvalue weighted by Gasteiger charge is 2.17. The average Bonchev–Trinajstić information content (AvgIpc) is 2.18. The topological polar surface area (TPSA) is 38.8 Å². The first-order valence-electron chi connectivity index (χ1n) is 4.94. The molecule has 0 N–H and O–H groups in total. The summed E-state index contributed by atoms with van der Waals surface area (Å²) in [7, 11) is 3.17. The zero-order valence-electron chi connectivity index (χ0n) is 9.58.